The molecule has 0 bridgehead atoms. The summed E-state index contributed by atoms with van der Waals surface area (Å²) in [6, 6.07) is 3.03. The lowest BCUT2D eigenvalue weighted by atomic mass is 10.1. The van der Waals surface area contributed by atoms with Gasteiger partial charge in [-0.05, 0) is 49.7 Å². The molecule has 7 heteroatoms. The fraction of sp³-hybridized carbons (Fsp3) is 0.688. The molecule has 2 aliphatic heterocycles. The van der Waals surface area contributed by atoms with Crippen LogP contribution < -0.4 is 10.6 Å². The first kappa shape index (κ1) is 20.7. The Morgan fingerprint density at radius 3 is 3.09 bits per heavy atom. The van der Waals surface area contributed by atoms with E-state index in [2.05, 4.69) is 33.9 Å². The van der Waals surface area contributed by atoms with E-state index in [9.17, 15) is 4.79 Å². The minimum Gasteiger partial charge on any atom is -0.354 e. The summed E-state index contributed by atoms with van der Waals surface area (Å²) in [4.78, 5) is 16.0. The molecule has 2 atom stereocenters. The second-order valence-electron chi connectivity index (χ2n) is 6.24. The van der Waals surface area contributed by atoms with E-state index in [1.807, 2.05) is 11.3 Å². The molecule has 23 heavy (non-hydrogen) atoms. The highest BCUT2D eigenvalue weighted by atomic mass is 35.5. The van der Waals surface area contributed by atoms with Crippen LogP contribution in [-0.4, -0.2) is 42.5 Å². The molecular weight excluding hydrogens is 353 g/mol. The minimum absolute atomic E-state index is 0. The number of amides is 1. The molecule has 1 fully saturated rings. The third-order valence-electron chi connectivity index (χ3n) is 4.65. The van der Waals surface area contributed by atoms with Gasteiger partial charge in [-0.1, -0.05) is 0 Å². The third kappa shape index (κ3) is 5.61. The second-order valence-corrected chi connectivity index (χ2v) is 7.24. The number of rotatable bonds is 5. The van der Waals surface area contributed by atoms with Gasteiger partial charge >= 0.3 is 0 Å². The molecule has 132 valence electrons. The van der Waals surface area contributed by atoms with Crippen LogP contribution in [0.5, 0.6) is 0 Å². The lowest BCUT2D eigenvalue weighted by Crippen LogP contribution is -2.44. The Morgan fingerprint density at radius 2 is 2.35 bits per heavy atom. The maximum absolute atomic E-state index is 12.0. The number of carbonyl (C=O) groups excluding carboxylic acids is 1. The SMILES string of the molecule is CC(CNC(=O)CC1CCCN1)N1CCc2sccc2C1.Cl.Cl. The van der Waals surface area contributed by atoms with Crippen LogP contribution in [0.4, 0.5) is 0 Å². The summed E-state index contributed by atoms with van der Waals surface area (Å²) in [5, 5.41) is 8.67. The Labute approximate surface area is 155 Å². The van der Waals surface area contributed by atoms with Crippen LogP contribution in [0.15, 0.2) is 11.4 Å². The van der Waals surface area contributed by atoms with Gasteiger partial charge in [0.15, 0.2) is 0 Å². The number of nitrogens with one attached hydrogen (secondary N) is 2. The zero-order chi connectivity index (χ0) is 14.7. The predicted molar refractivity (Wildman–Crippen MR) is 101 cm³/mol. The number of carbonyl (C=O) groups is 1. The fourth-order valence-electron chi connectivity index (χ4n) is 3.26. The van der Waals surface area contributed by atoms with Crippen molar-refractivity contribution in [2.75, 3.05) is 19.6 Å². The number of hydrogen-bond acceptors (Lipinski definition) is 4. The Kier molecular flexibility index (Phi) is 8.86. The lowest BCUT2D eigenvalue weighted by Gasteiger charge is -2.32. The van der Waals surface area contributed by atoms with E-state index in [-0.39, 0.29) is 30.7 Å². The van der Waals surface area contributed by atoms with Crippen molar-refractivity contribution in [1.29, 1.82) is 0 Å². The van der Waals surface area contributed by atoms with Gasteiger partial charge in [0, 0.05) is 43.0 Å². The highest BCUT2D eigenvalue weighted by Gasteiger charge is 2.22. The van der Waals surface area contributed by atoms with E-state index in [4.69, 9.17) is 0 Å². The number of fused-ring (bicyclic) bond motifs is 1. The largest absolute Gasteiger partial charge is 0.354 e. The second kappa shape index (κ2) is 9.84. The van der Waals surface area contributed by atoms with Crippen LogP contribution in [0.25, 0.3) is 0 Å². The normalized spacial score (nSPS) is 21.7. The van der Waals surface area contributed by atoms with E-state index in [1.165, 1.54) is 16.9 Å². The average molecular weight is 380 g/mol. The van der Waals surface area contributed by atoms with Gasteiger partial charge in [-0.15, -0.1) is 36.2 Å². The van der Waals surface area contributed by atoms with E-state index in [0.29, 0.717) is 18.5 Å². The molecule has 1 aromatic rings. The number of hydrogen-bond donors (Lipinski definition) is 2. The Morgan fingerprint density at radius 1 is 1.52 bits per heavy atom. The van der Waals surface area contributed by atoms with Gasteiger partial charge in [0.1, 0.15) is 0 Å². The van der Waals surface area contributed by atoms with Crippen molar-refractivity contribution in [1.82, 2.24) is 15.5 Å². The molecule has 1 aromatic heterocycles. The molecule has 0 saturated carbocycles. The number of nitrogens with zero attached hydrogens (tertiary/aromatic N) is 1. The summed E-state index contributed by atoms with van der Waals surface area (Å²) in [5.74, 6) is 0.189. The summed E-state index contributed by atoms with van der Waals surface area (Å²) in [7, 11) is 0. The van der Waals surface area contributed by atoms with Gasteiger partial charge in [-0.2, -0.15) is 0 Å². The van der Waals surface area contributed by atoms with Crippen LogP contribution in [0.2, 0.25) is 0 Å². The minimum atomic E-state index is 0. The Hall–Kier alpha value is -0.330. The van der Waals surface area contributed by atoms with Crippen LogP contribution in [0.3, 0.4) is 0 Å². The van der Waals surface area contributed by atoms with Crippen molar-refractivity contribution in [3.63, 3.8) is 0 Å². The van der Waals surface area contributed by atoms with Crippen molar-refractivity contribution < 1.29 is 4.79 Å². The van der Waals surface area contributed by atoms with Crippen LogP contribution in [-0.2, 0) is 17.8 Å². The van der Waals surface area contributed by atoms with Gasteiger partial charge < -0.3 is 10.6 Å². The highest BCUT2D eigenvalue weighted by Crippen LogP contribution is 2.24. The monoisotopic (exact) mass is 379 g/mol. The molecule has 0 radical (unpaired) electrons. The first-order valence-electron chi connectivity index (χ1n) is 8.02. The fourth-order valence-corrected chi connectivity index (χ4v) is 4.15. The summed E-state index contributed by atoms with van der Waals surface area (Å²) >= 11 is 1.87. The molecule has 3 rings (SSSR count). The zero-order valence-corrected chi connectivity index (χ0v) is 16.0. The summed E-state index contributed by atoms with van der Waals surface area (Å²) in [6.07, 6.45) is 4.11. The van der Waals surface area contributed by atoms with E-state index in [0.717, 1.165) is 39.0 Å². The maximum Gasteiger partial charge on any atom is 0.221 e. The standard InChI is InChI=1S/C16H25N3OS.2ClH/c1-12(10-18-16(20)9-14-3-2-6-17-14)19-7-4-15-13(11-19)5-8-21-15;;/h5,8,12,14,17H,2-4,6-7,9-11H2,1H3,(H,18,20);2*1H. The van der Waals surface area contributed by atoms with Crippen molar-refractivity contribution in [2.45, 2.75) is 51.2 Å². The topological polar surface area (TPSA) is 44.4 Å². The number of halogens is 2. The molecule has 2 aliphatic rings. The quantitative estimate of drug-likeness (QED) is 0.826. The molecule has 0 spiro atoms. The summed E-state index contributed by atoms with van der Waals surface area (Å²) in [5.41, 5.74) is 1.47. The molecule has 2 N–H and O–H groups in total. The highest BCUT2D eigenvalue weighted by molar-refractivity contribution is 7.10. The van der Waals surface area contributed by atoms with Gasteiger partial charge in [0.2, 0.25) is 5.91 Å². The average Bonchev–Trinajstić information content (AvgIpc) is 3.14. The molecule has 1 saturated heterocycles. The predicted octanol–water partition coefficient (Wildman–Crippen LogP) is 2.60. The smallest absolute Gasteiger partial charge is 0.221 e. The maximum atomic E-state index is 12.0. The Bertz CT molecular complexity index is 491. The molecule has 3 heterocycles. The first-order valence-corrected chi connectivity index (χ1v) is 8.89. The first-order chi connectivity index (χ1) is 10.2. The van der Waals surface area contributed by atoms with Crippen LogP contribution in [0, 0.1) is 0 Å². The van der Waals surface area contributed by atoms with E-state index < -0.39 is 0 Å². The van der Waals surface area contributed by atoms with Gasteiger partial charge in [-0.3, -0.25) is 9.69 Å². The van der Waals surface area contributed by atoms with Gasteiger partial charge in [0.05, 0.1) is 0 Å². The van der Waals surface area contributed by atoms with E-state index in [1.54, 1.807) is 0 Å². The van der Waals surface area contributed by atoms with Crippen LogP contribution in [0.1, 0.15) is 36.6 Å². The van der Waals surface area contributed by atoms with Crippen molar-refractivity contribution in [2.24, 2.45) is 0 Å². The van der Waals surface area contributed by atoms with Gasteiger partial charge in [0.25, 0.3) is 0 Å². The summed E-state index contributed by atoms with van der Waals surface area (Å²) < 4.78 is 0. The Balaban J connectivity index is 0.00000132. The van der Waals surface area contributed by atoms with E-state index >= 15 is 0 Å². The molecule has 1 amide bonds. The van der Waals surface area contributed by atoms with Crippen molar-refractivity contribution >= 4 is 42.1 Å². The van der Waals surface area contributed by atoms with Crippen molar-refractivity contribution in [3.8, 4) is 0 Å². The van der Waals surface area contributed by atoms with Crippen molar-refractivity contribution in [3.05, 3.63) is 21.9 Å². The lowest BCUT2D eigenvalue weighted by molar-refractivity contribution is -0.121. The molecule has 0 aromatic carbocycles. The summed E-state index contributed by atoms with van der Waals surface area (Å²) in [6.45, 7) is 6.16. The van der Waals surface area contributed by atoms with Gasteiger partial charge in [-0.25, -0.2) is 0 Å². The number of thiophene rings is 1. The molecule has 0 aliphatic carbocycles. The zero-order valence-electron chi connectivity index (χ0n) is 13.5. The van der Waals surface area contributed by atoms with Crippen LogP contribution >= 0.6 is 36.2 Å². The molecular formula is C16H27Cl2N3OS. The third-order valence-corrected chi connectivity index (χ3v) is 5.67. The molecule has 2 unspecified atom stereocenters. The molecule has 4 nitrogen and oxygen atoms in total.